The van der Waals surface area contributed by atoms with Crippen molar-refractivity contribution in [3.63, 3.8) is 0 Å². The summed E-state index contributed by atoms with van der Waals surface area (Å²) in [5, 5.41) is 8.51. The van der Waals surface area contributed by atoms with Crippen LogP contribution >= 0.6 is 0 Å². The molecule has 0 atom stereocenters. The zero-order chi connectivity index (χ0) is 20.7. The fourth-order valence-corrected chi connectivity index (χ4v) is 3.02. The van der Waals surface area contributed by atoms with Crippen LogP contribution in [0.2, 0.25) is 0 Å². The summed E-state index contributed by atoms with van der Waals surface area (Å²) in [6.07, 6.45) is 21.6. The summed E-state index contributed by atoms with van der Waals surface area (Å²) in [5.41, 5.74) is 0. The number of aliphatic hydroxyl groups excluding tert-OH is 1. The second-order valence-corrected chi connectivity index (χ2v) is 7.34. The third kappa shape index (κ3) is 20.9. The number of rotatable bonds is 20. The van der Waals surface area contributed by atoms with Gasteiger partial charge in [-0.3, -0.25) is 0 Å². The minimum atomic E-state index is -0.655. The number of ether oxygens (including phenoxy) is 2. The van der Waals surface area contributed by atoms with E-state index in [0.717, 1.165) is 25.0 Å². The Bertz CT molecular complexity index is 392. The van der Waals surface area contributed by atoms with Crippen LogP contribution in [0.15, 0.2) is 12.2 Å². The SMILES string of the molecule is CCCCCCCCCCCCCCCCCOC(=O)/C=C/C(=O)OCCO. The van der Waals surface area contributed by atoms with Crippen molar-refractivity contribution in [2.45, 2.75) is 103 Å². The largest absolute Gasteiger partial charge is 0.463 e. The Kier molecular flexibility index (Phi) is 20.9. The molecule has 0 aliphatic rings. The highest BCUT2D eigenvalue weighted by atomic mass is 16.5. The summed E-state index contributed by atoms with van der Waals surface area (Å²) in [4.78, 5) is 22.5. The first-order valence-corrected chi connectivity index (χ1v) is 11.3. The quantitative estimate of drug-likeness (QED) is 0.167. The molecule has 1 N–H and O–H groups in total. The van der Waals surface area contributed by atoms with Crippen molar-refractivity contribution < 1.29 is 24.2 Å². The number of esters is 2. The summed E-state index contributed by atoms with van der Waals surface area (Å²) in [6, 6.07) is 0. The second kappa shape index (κ2) is 21.9. The minimum Gasteiger partial charge on any atom is -0.463 e. The highest BCUT2D eigenvalue weighted by molar-refractivity contribution is 5.91. The minimum absolute atomic E-state index is 0.0721. The van der Waals surface area contributed by atoms with Gasteiger partial charge in [0.1, 0.15) is 6.61 Å². The third-order valence-electron chi connectivity index (χ3n) is 4.68. The van der Waals surface area contributed by atoms with Gasteiger partial charge in [0.25, 0.3) is 0 Å². The fourth-order valence-electron chi connectivity index (χ4n) is 3.02. The van der Waals surface area contributed by atoms with Crippen LogP contribution in [0, 0.1) is 0 Å². The monoisotopic (exact) mass is 398 g/mol. The van der Waals surface area contributed by atoms with Crippen LogP contribution in [-0.4, -0.2) is 36.9 Å². The molecule has 0 heterocycles. The van der Waals surface area contributed by atoms with Crippen molar-refractivity contribution in [1.29, 1.82) is 0 Å². The van der Waals surface area contributed by atoms with Crippen LogP contribution in [0.5, 0.6) is 0 Å². The standard InChI is InChI=1S/C23H42O5/c1-2-3-4-5-6-7-8-9-10-11-12-13-14-15-16-20-27-22(25)17-18-23(26)28-21-19-24/h17-18,24H,2-16,19-21H2,1H3/b18-17+. The zero-order valence-electron chi connectivity index (χ0n) is 18.0. The van der Waals surface area contributed by atoms with Gasteiger partial charge in [0.05, 0.1) is 13.2 Å². The number of hydrogen-bond acceptors (Lipinski definition) is 5. The Morgan fingerprint density at radius 2 is 0.964 bits per heavy atom. The lowest BCUT2D eigenvalue weighted by molar-refractivity contribution is -0.141. The normalized spacial score (nSPS) is 11.1. The molecule has 0 aromatic heterocycles. The van der Waals surface area contributed by atoms with E-state index in [1.54, 1.807) is 0 Å². The summed E-state index contributed by atoms with van der Waals surface area (Å²) >= 11 is 0. The molecule has 164 valence electrons. The van der Waals surface area contributed by atoms with Gasteiger partial charge in [-0.2, -0.15) is 0 Å². The number of carbonyl (C=O) groups is 2. The first-order chi connectivity index (χ1) is 13.7. The Labute approximate surface area is 171 Å². The highest BCUT2D eigenvalue weighted by Crippen LogP contribution is 2.13. The predicted molar refractivity (Wildman–Crippen MR) is 113 cm³/mol. The van der Waals surface area contributed by atoms with Crippen molar-refractivity contribution in [2.24, 2.45) is 0 Å². The average Bonchev–Trinajstić information content (AvgIpc) is 2.70. The maximum atomic E-state index is 11.4. The van der Waals surface area contributed by atoms with Gasteiger partial charge in [-0.05, 0) is 6.42 Å². The van der Waals surface area contributed by atoms with Crippen LogP contribution in [0.25, 0.3) is 0 Å². The molecular weight excluding hydrogens is 356 g/mol. The van der Waals surface area contributed by atoms with Crippen LogP contribution in [-0.2, 0) is 19.1 Å². The highest BCUT2D eigenvalue weighted by Gasteiger charge is 2.01. The molecule has 28 heavy (non-hydrogen) atoms. The van der Waals surface area contributed by atoms with Crippen molar-refractivity contribution >= 4 is 11.9 Å². The van der Waals surface area contributed by atoms with E-state index in [0.29, 0.717) is 6.61 Å². The van der Waals surface area contributed by atoms with E-state index in [-0.39, 0.29) is 13.2 Å². The van der Waals surface area contributed by atoms with Crippen molar-refractivity contribution in [1.82, 2.24) is 0 Å². The van der Waals surface area contributed by atoms with Crippen LogP contribution in [0.1, 0.15) is 103 Å². The summed E-state index contributed by atoms with van der Waals surface area (Å²) in [6.45, 7) is 2.34. The van der Waals surface area contributed by atoms with E-state index in [2.05, 4.69) is 11.7 Å². The molecule has 0 amide bonds. The van der Waals surface area contributed by atoms with Crippen molar-refractivity contribution in [3.8, 4) is 0 Å². The molecule has 0 rings (SSSR count). The predicted octanol–water partition coefficient (Wildman–Crippen LogP) is 5.49. The topological polar surface area (TPSA) is 72.8 Å². The molecule has 0 saturated carbocycles. The van der Waals surface area contributed by atoms with Gasteiger partial charge in [-0.25, -0.2) is 9.59 Å². The Morgan fingerprint density at radius 1 is 0.607 bits per heavy atom. The number of aliphatic hydroxyl groups is 1. The molecule has 0 bridgehead atoms. The molecule has 0 saturated heterocycles. The molecule has 0 unspecified atom stereocenters. The van der Waals surface area contributed by atoms with Gasteiger partial charge in [0.15, 0.2) is 0 Å². The molecule has 0 radical (unpaired) electrons. The van der Waals surface area contributed by atoms with E-state index < -0.39 is 11.9 Å². The molecule has 0 aromatic rings. The molecule has 0 aliphatic carbocycles. The summed E-state index contributed by atoms with van der Waals surface area (Å²) < 4.78 is 9.62. The van der Waals surface area contributed by atoms with Crippen LogP contribution in [0.4, 0.5) is 0 Å². The van der Waals surface area contributed by atoms with Gasteiger partial charge in [0.2, 0.25) is 0 Å². The van der Waals surface area contributed by atoms with E-state index in [4.69, 9.17) is 9.84 Å². The van der Waals surface area contributed by atoms with E-state index in [1.807, 2.05) is 0 Å². The smallest absolute Gasteiger partial charge is 0.331 e. The lowest BCUT2D eigenvalue weighted by atomic mass is 10.0. The maximum Gasteiger partial charge on any atom is 0.331 e. The fraction of sp³-hybridized carbons (Fsp3) is 0.826. The molecule has 5 nitrogen and oxygen atoms in total. The first-order valence-electron chi connectivity index (χ1n) is 11.3. The zero-order valence-corrected chi connectivity index (χ0v) is 18.0. The molecule has 0 fully saturated rings. The van der Waals surface area contributed by atoms with E-state index in [9.17, 15) is 9.59 Å². The summed E-state index contributed by atoms with van der Waals surface area (Å²) in [7, 11) is 0. The van der Waals surface area contributed by atoms with Crippen LogP contribution in [0.3, 0.4) is 0 Å². The molecular formula is C23H42O5. The number of hydrogen-bond donors (Lipinski definition) is 1. The Hall–Kier alpha value is -1.36. The lowest BCUT2D eigenvalue weighted by Gasteiger charge is -2.04. The number of unbranched alkanes of at least 4 members (excludes halogenated alkanes) is 14. The molecule has 0 aliphatic heterocycles. The van der Waals surface area contributed by atoms with Crippen molar-refractivity contribution in [2.75, 3.05) is 19.8 Å². The maximum absolute atomic E-state index is 11.4. The van der Waals surface area contributed by atoms with Gasteiger partial charge < -0.3 is 14.6 Å². The Balaban J connectivity index is 3.26. The molecule has 5 heteroatoms. The molecule has 0 aromatic carbocycles. The van der Waals surface area contributed by atoms with Crippen molar-refractivity contribution in [3.05, 3.63) is 12.2 Å². The van der Waals surface area contributed by atoms with Crippen LogP contribution < -0.4 is 0 Å². The van der Waals surface area contributed by atoms with Gasteiger partial charge in [0, 0.05) is 12.2 Å². The lowest BCUT2D eigenvalue weighted by Crippen LogP contribution is -2.07. The van der Waals surface area contributed by atoms with E-state index >= 15 is 0 Å². The molecule has 0 spiro atoms. The average molecular weight is 399 g/mol. The number of carbonyl (C=O) groups excluding carboxylic acids is 2. The van der Waals surface area contributed by atoms with E-state index in [1.165, 1.54) is 83.5 Å². The van der Waals surface area contributed by atoms with Gasteiger partial charge in [-0.15, -0.1) is 0 Å². The van der Waals surface area contributed by atoms with Gasteiger partial charge in [-0.1, -0.05) is 96.8 Å². The first kappa shape index (κ1) is 26.6. The third-order valence-corrected chi connectivity index (χ3v) is 4.68. The Morgan fingerprint density at radius 3 is 1.36 bits per heavy atom. The summed E-state index contributed by atoms with van der Waals surface area (Å²) in [5.74, 6) is -1.19. The van der Waals surface area contributed by atoms with Gasteiger partial charge >= 0.3 is 11.9 Å². The second-order valence-electron chi connectivity index (χ2n) is 7.34.